The molecule has 2 atom stereocenters. The number of carbonyl (C=O) groups excluding carboxylic acids is 2. The van der Waals surface area contributed by atoms with E-state index in [-0.39, 0.29) is 48.3 Å². The molecule has 2 amide bonds. The van der Waals surface area contributed by atoms with Crippen LogP contribution in [0.25, 0.3) is 0 Å². The number of amides is 2. The summed E-state index contributed by atoms with van der Waals surface area (Å²) in [5.41, 5.74) is -0.0759. The molecule has 10 nitrogen and oxygen atoms in total. The number of hydrogen-bond acceptors (Lipinski definition) is 6. The van der Waals surface area contributed by atoms with E-state index in [9.17, 15) is 19.7 Å². The van der Waals surface area contributed by atoms with Gasteiger partial charge in [-0.05, 0) is 38.1 Å². The molecule has 0 saturated carbocycles. The van der Waals surface area contributed by atoms with E-state index < -0.39 is 4.92 Å². The van der Waals surface area contributed by atoms with E-state index in [0.29, 0.717) is 26.2 Å². The van der Waals surface area contributed by atoms with Crippen molar-refractivity contribution in [2.45, 2.75) is 44.7 Å². The predicted octanol–water partition coefficient (Wildman–Crippen LogP) is 0.710. The van der Waals surface area contributed by atoms with Gasteiger partial charge >= 0.3 is 5.69 Å². The van der Waals surface area contributed by atoms with Gasteiger partial charge in [-0.3, -0.25) is 24.4 Å². The molecular weight excluding hydrogens is 388 g/mol. The third kappa shape index (κ3) is 5.90. The van der Waals surface area contributed by atoms with Crippen LogP contribution in [0.3, 0.4) is 0 Å². The van der Waals surface area contributed by atoms with Crippen LogP contribution in [0.4, 0.5) is 5.69 Å². The first-order valence-corrected chi connectivity index (χ1v) is 9.48. The van der Waals surface area contributed by atoms with E-state index in [1.165, 1.54) is 17.1 Å². The van der Waals surface area contributed by atoms with Gasteiger partial charge in [0.1, 0.15) is 12.4 Å². The molecule has 2 saturated heterocycles. The van der Waals surface area contributed by atoms with Gasteiger partial charge in [-0.25, -0.2) is 0 Å². The maximum atomic E-state index is 12.5. The van der Waals surface area contributed by atoms with Gasteiger partial charge in [0.25, 0.3) is 0 Å². The third-order valence-corrected chi connectivity index (χ3v) is 5.20. The number of aromatic nitrogens is 2. The lowest BCUT2D eigenvalue weighted by Crippen LogP contribution is -2.46. The Morgan fingerprint density at radius 2 is 2.18 bits per heavy atom. The number of nitro groups is 1. The summed E-state index contributed by atoms with van der Waals surface area (Å²) in [5, 5.41) is 20.8. The van der Waals surface area contributed by atoms with Crippen molar-refractivity contribution in [3.8, 4) is 0 Å². The Balaban J connectivity index is 0.00000280. The lowest BCUT2D eigenvalue weighted by molar-refractivity contribution is -0.385. The number of hydrogen-bond donors (Lipinski definition) is 2. The number of halogens is 1. The lowest BCUT2D eigenvalue weighted by Gasteiger charge is -2.33. The number of nitrogens with zero attached hydrogens (tertiary/aromatic N) is 4. The minimum Gasteiger partial charge on any atom is -0.354 e. The van der Waals surface area contributed by atoms with Gasteiger partial charge in [-0.15, -0.1) is 12.4 Å². The Morgan fingerprint density at radius 1 is 1.36 bits per heavy atom. The van der Waals surface area contributed by atoms with Crippen molar-refractivity contribution in [2.24, 2.45) is 5.92 Å². The second-order valence-corrected chi connectivity index (χ2v) is 7.21. The Hall–Kier alpha value is -2.20. The largest absolute Gasteiger partial charge is 0.354 e. The van der Waals surface area contributed by atoms with Crippen molar-refractivity contribution in [1.29, 1.82) is 0 Å². The molecule has 2 aliphatic heterocycles. The molecule has 0 bridgehead atoms. The van der Waals surface area contributed by atoms with Crippen LogP contribution in [-0.4, -0.2) is 63.6 Å². The Kier molecular flexibility index (Phi) is 8.18. The van der Waals surface area contributed by atoms with Crippen molar-refractivity contribution in [3.05, 3.63) is 22.5 Å². The summed E-state index contributed by atoms with van der Waals surface area (Å²) in [6, 6.07) is -0.0792. The minimum absolute atomic E-state index is 0. The molecule has 3 heterocycles. The molecule has 0 aliphatic carbocycles. The summed E-state index contributed by atoms with van der Waals surface area (Å²) in [6.45, 7) is 3.15. The molecule has 11 heteroatoms. The fraction of sp³-hybridized carbons (Fsp3) is 0.706. The molecule has 28 heavy (non-hydrogen) atoms. The molecule has 2 N–H and O–H groups in total. The summed E-state index contributed by atoms with van der Waals surface area (Å²) >= 11 is 0. The van der Waals surface area contributed by atoms with E-state index in [1.54, 1.807) is 0 Å². The smallest absolute Gasteiger partial charge is 0.306 e. The first-order chi connectivity index (χ1) is 13.0. The van der Waals surface area contributed by atoms with E-state index in [4.69, 9.17) is 0 Å². The number of piperidine rings is 1. The first kappa shape index (κ1) is 22.1. The van der Waals surface area contributed by atoms with Crippen LogP contribution in [0.1, 0.15) is 32.1 Å². The topological polar surface area (TPSA) is 122 Å². The Labute approximate surface area is 169 Å². The molecule has 0 aromatic carbocycles. The molecule has 2 fully saturated rings. The van der Waals surface area contributed by atoms with Gasteiger partial charge in [0.05, 0.1) is 11.0 Å². The summed E-state index contributed by atoms with van der Waals surface area (Å²) in [6.07, 6.45) is 6.59. The van der Waals surface area contributed by atoms with Crippen LogP contribution in [0.2, 0.25) is 0 Å². The molecule has 1 aromatic heterocycles. The highest BCUT2D eigenvalue weighted by Crippen LogP contribution is 2.17. The summed E-state index contributed by atoms with van der Waals surface area (Å²) in [5.74, 6) is 0.330. The van der Waals surface area contributed by atoms with Crippen molar-refractivity contribution < 1.29 is 14.5 Å². The molecule has 156 valence electrons. The standard InChI is InChI=1S/C17H26N6O4.ClH/c24-16(5-8-22-12-14(10-20-22)23(26)27)21-7-2-3-13(11-21)9-19-17(25)15-4-1-6-18-15;/h10,12-13,15,18H,1-9,11H2,(H,19,25);1H. The first-order valence-electron chi connectivity index (χ1n) is 9.48. The zero-order valence-corrected chi connectivity index (χ0v) is 16.5. The maximum Gasteiger partial charge on any atom is 0.306 e. The zero-order valence-electron chi connectivity index (χ0n) is 15.7. The molecule has 0 spiro atoms. The lowest BCUT2D eigenvalue weighted by atomic mass is 9.97. The summed E-state index contributed by atoms with van der Waals surface area (Å²) in [7, 11) is 0. The quantitative estimate of drug-likeness (QED) is 0.500. The normalized spacial score (nSPS) is 21.8. The number of aryl methyl sites for hydroxylation is 1. The van der Waals surface area contributed by atoms with Crippen LogP contribution >= 0.6 is 12.4 Å². The molecule has 1 aromatic rings. The average Bonchev–Trinajstić information content (AvgIpc) is 3.36. The Morgan fingerprint density at radius 3 is 2.86 bits per heavy atom. The zero-order chi connectivity index (χ0) is 19.2. The van der Waals surface area contributed by atoms with Gasteiger partial charge in [-0.2, -0.15) is 5.10 Å². The van der Waals surface area contributed by atoms with Crippen LogP contribution in [-0.2, 0) is 16.1 Å². The van der Waals surface area contributed by atoms with Crippen molar-refractivity contribution >= 4 is 29.9 Å². The number of rotatable bonds is 7. The monoisotopic (exact) mass is 414 g/mol. The molecule has 0 radical (unpaired) electrons. The van der Waals surface area contributed by atoms with Crippen molar-refractivity contribution in [1.82, 2.24) is 25.3 Å². The summed E-state index contributed by atoms with van der Waals surface area (Å²) < 4.78 is 1.42. The second-order valence-electron chi connectivity index (χ2n) is 7.21. The molecule has 3 rings (SSSR count). The Bertz CT molecular complexity index is 691. The fourth-order valence-corrected chi connectivity index (χ4v) is 3.67. The highest BCUT2D eigenvalue weighted by molar-refractivity contribution is 5.85. The average molecular weight is 415 g/mol. The highest BCUT2D eigenvalue weighted by Gasteiger charge is 2.26. The molecule has 2 unspecified atom stereocenters. The van der Waals surface area contributed by atoms with Crippen LogP contribution in [0.5, 0.6) is 0 Å². The molecule has 2 aliphatic rings. The van der Waals surface area contributed by atoms with Gasteiger partial charge in [0, 0.05) is 32.6 Å². The van der Waals surface area contributed by atoms with Gasteiger partial charge in [0.15, 0.2) is 0 Å². The SMILES string of the molecule is Cl.O=C(NCC1CCCN(C(=O)CCn2cc([N+](=O)[O-])cn2)C1)C1CCCN1. The number of likely N-dealkylation sites (tertiary alicyclic amines) is 1. The van der Waals surface area contributed by atoms with Crippen molar-refractivity contribution in [3.63, 3.8) is 0 Å². The fourth-order valence-electron chi connectivity index (χ4n) is 3.67. The maximum absolute atomic E-state index is 12.5. The molecular formula is C17H27ClN6O4. The number of carbonyl (C=O) groups is 2. The van der Waals surface area contributed by atoms with E-state index in [2.05, 4.69) is 15.7 Å². The van der Waals surface area contributed by atoms with Gasteiger partial charge in [0.2, 0.25) is 11.8 Å². The number of nitrogens with one attached hydrogen (secondary N) is 2. The summed E-state index contributed by atoms with van der Waals surface area (Å²) in [4.78, 5) is 36.6. The minimum atomic E-state index is -0.504. The third-order valence-electron chi connectivity index (χ3n) is 5.20. The van der Waals surface area contributed by atoms with E-state index >= 15 is 0 Å². The van der Waals surface area contributed by atoms with Crippen LogP contribution < -0.4 is 10.6 Å². The van der Waals surface area contributed by atoms with Gasteiger partial charge in [-0.1, -0.05) is 0 Å². The van der Waals surface area contributed by atoms with Crippen LogP contribution in [0, 0.1) is 16.0 Å². The highest BCUT2D eigenvalue weighted by atomic mass is 35.5. The predicted molar refractivity (Wildman–Crippen MR) is 104 cm³/mol. The van der Waals surface area contributed by atoms with Crippen molar-refractivity contribution in [2.75, 3.05) is 26.2 Å². The van der Waals surface area contributed by atoms with Crippen LogP contribution in [0.15, 0.2) is 12.4 Å². The second kappa shape index (κ2) is 10.4. The van der Waals surface area contributed by atoms with E-state index in [1.807, 2.05) is 4.90 Å². The van der Waals surface area contributed by atoms with Gasteiger partial charge < -0.3 is 15.5 Å². The van der Waals surface area contributed by atoms with E-state index in [0.717, 1.165) is 32.2 Å².